The summed E-state index contributed by atoms with van der Waals surface area (Å²) in [6, 6.07) is 0. The number of rotatable bonds is 4. The highest BCUT2D eigenvalue weighted by Crippen LogP contribution is 2.38. The van der Waals surface area contributed by atoms with Crippen LogP contribution in [0.15, 0.2) is 12.2 Å². The molecule has 0 saturated heterocycles. The predicted molar refractivity (Wildman–Crippen MR) is 71.4 cm³/mol. The van der Waals surface area contributed by atoms with E-state index in [1.54, 1.807) is 0 Å². The van der Waals surface area contributed by atoms with Crippen LogP contribution in [0.5, 0.6) is 0 Å². The molecule has 0 amide bonds. The highest BCUT2D eigenvalue weighted by atomic mass is 19.4. The molecule has 18 heavy (non-hydrogen) atoms. The monoisotopic (exact) mass is 264 g/mol. The average molecular weight is 264 g/mol. The molecule has 0 saturated carbocycles. The van der Waals surface area contributed by atoms with Gasteiger partial charge in [-0.15, -0.1) is 0 Å². The molecular weight excluding hydrogens is 237 g/mol. The largest absolute Gasteiger partial charge is 0.391 e. The van der Waals surface area contributed by atoms with E-state index >= 15 is 0 Å². The van der Waals surface area contributed by atoms with E-state index < -0.39 is 12.1 Å². The summed E-state index contributed by atoms with van der Waals surface area (Å²) in [6.07, 6.45) is 0.659. The van der Waals surface area contributed by atoms with E-state index in [9.17, 15) is 13.2 Å². The zero-order valence-electron chi connectivity index (χ0n) is 12.5. The lowest BCUT2D eigenvalue weighted by Crippen LogP contribution is -2.27. The minimum absolute atomic E-state index is 0.0394. The zero-order valence-corrected chi connectivity index (χ0v) is 12.5. The first-order valence-corrected chi connectivity index (χ1v) is 6.56. The lowest BCUT2D eigenvalue weighted by molar-refractivity contribution is -0.183. The molecule has 3 heteroatoms. The van der Waals surface area contributed by atoms with Crippen LogP contribution in [-0.4, -0.2) is 6.18 Å². The molecule has 0 unspecified atom stereocenters. The Labute approximate surface area is 110 Å². The van der Waals surface area contributed by atoms with Gasteiger partial charge in [0.2, 0.25) is 0 Å². The first-order valence-electron chi connectivity index (χ1n) is 6.56. The van der Waals surface area contributed by atoms with Crippen molar-refractivity contribution in [1.82, 2.24) is 0 Å². The number of hydrogen-bond donors (Lipinski definition) is 0. The maximum absolute atomic E-state index is 12.9. The van der Waals surface area contributed by atoms with Crippen LogP contribution in [0.25, 0.3) is 0 Å². The van der Waals surface area contributed by atoms with Crippen LogP contribution in [0.3, 0.4) is 0 Å². The van der Waals surface area contributed by atoms with E-state index in [0.717, 1.165) is 0 Å². The normalized spacial score (nSPS) is 16.3. The van der Waals surface area contributed by atoms with Gasteiger partial charge in [0.05, 0.1) is 5.92 Å². The molecule has 0 rings (SSSR count). The summed E-state index contributed by atoms with van der Waals surface area (Å²) in [5.74, 6) is -1.19. The quantitative estimate of drug-likeness (QED) is 0.547. The van der Waals surface area contributed by atoms with Crippen LogP contribution in [0.4, 0.5) is 13.2 Å². The minimum atomic E-state index is -4.08. The number of allylic oxidation sites excluding steroid dienone is 2. The Balaban J connectivity index is 4.41. The molecule has 1 atom stereocenters. The third-order valence-electron chi connectivity index (χ3n) is 2.62. The molecule has 0 heterocycles. The Kier molecular flexibility index (Phi) is 5.96. The second-order valence-corrected chi connectivity index (χ2v) is 7.35. The van der Waals surface area contributed by atoms with E-state index in [0.29, 0.717) is 6.42 Å². The van der Waals surface area contributed by atoms with Gasteiger partial charge in [-0.05, 0) is 30.1 Å². The second kappa shape index (κ2) is 6.12. The fourth-order valence-corrected chi connectivity index (χ4v) is 1.85. The summed E-state index contributed by atoms with van der Waals surface area (Å²) >= 11 is 0. The third kappa shape index (κ3) is 9.55. The lowest BCUT2D eigenvalue weighted by Gasteiger charge is -2.27. The van der Waals surface area contributed by atoms with E-state index in [4.69, 9.17) is 0 Å². The predicted octanol–water partition coefficient (Wildman–Crippen LogP) is 5.98. The summed E-state index contributed by atoms with van der Waals surface area (Å²) in [6.45, 7) is 11.7. The zero-order chi connectivity index (χ0) is 14.6. The van der Waals surface area contributed by atoms with Crippen LogP contribution in [0, 0.1) is 16.7 Å². The van der Waals surface area contributed by atoms with Crippen molar-refractivity contribution in [3.63, 3.8) is 0 Å². The summed E-state index contributed by atoms with van der Waals surface area (Å²) < 4.78 is 38.7. The van der Waals surface area contributed by atoms with Crippen LogP contribution in [0.2, 0.25) is 0 Å². The Bertz CT molecular complexity index is 261. The summed E-state index contributed by atoms with van der Waals surface area (Å²) in [5.41, 5.74) is -0.244. The third-order valence-corrected chi connectivity index (χ3v) is 2.62. The summed E-state index contributed by atoms with van der Waals surface area (Å²) in [5, 5.41) is 0. The standard InChI is InChI=1S/C15H27F3/c1-13(2,3)10-8-7-9-12(15(16,17)18)11-14(4,5)6/h8,10,12H,7,9,11H2,1-6H3/b10-8+/t12-/m1/s1. The van der Waals surface area contributed by atoms with Crippen LogP contribution in [0.1, 0.15) is 60.8 Å². The molecule has 0 aromatic rings. The fourth-order valence-electron chi connectivity index (χ4n) is 1.85. The van der Waals surface area contributed by atoms with Gasteiger partial charge in [0.25, 0.3) is 0 Å². The molecule has 0 fully saturated rings. The van der Waals surface area contributed by atoms with Gasteiger partial charge in [-0.3, -0.25) is 0 Å². The Morgan fingerprint density at radius 1 is 0.944 bits per heavy atom. The first-order chi connectivity index (χ1) is 7.81. The van der Waals surface area contributed by atoms with Crippen molar-refractivity contribution in [2.24, 2.45) is 16.7 Å². The Hall–Kier alpha value is -0.470. The van der Waals surface area contributed by atoms with Gasteiger partial charge < -0.3 is 0 Å². The number of halogens is 3. The van der Waals surface area contributed by atoms with Gasteiger partial charge in [-0.1, -0.05) is 53.7 Å². The average Bonchev–Trinajstić information content (AvgIpc) is 2.04. The maximum Gasteiger partial charge on any atom is 0.391 e. The van der Waals surface area contributed by atoms with Crippen molar-refractivity contribution in [1.29, 1.82) is 0 Å². The first kappa shape index (κ1) is 17.5. The van der Waals surface area contributed by atoms with Crippen molar-refractivity contribution in [3.8, 4) is 0 Å². The smallest absolute Gasteiger partial charge is 0.171 e. The molecule has 0 aliphatic carbocycles. The molecule has 0 aromatic carbocycles. The van der Waals surface area contributed by atoms with Gasteiger partial charge in [0, 0.05) is 0 Å². The van der Waals surface area contributed by atoms with Gasteiger partial charge in [0.1, 0.15) is 0 Å². The van der Waals surface area contributed by atoms with Crippen LogP contribution in [-0.2, 0) is 0 Å². The van der Waals surface area contributed by atoms with Crippen LogP contribution < -0.4 is 0 Å². The second-order valence-electron chi connectivity index (χ2n) is 7.35. The SMILES string of the molecule is CC(C)(C)/C=C/CC[C@H](CC(C)(C)C)C(F)(F)F. The molecule has 0 aliphatic heterocycles. The molecular formula is C15H27F3. The molecule has 0 aromatic heterocycles. The summed E-state index contributed by atoms with van der Waals surface area (Å²) in [7, 11) is 0. The van der Waals surface area contributed by atoms with Crippen molar-refractivity contribution in [3.05, 3.63) is 12.2 Å². The molecule has 0 bridgehead atoms. The molecule has 0 spiro atoms. The highest BCUT2D eigenvalue weighted by molar-refractivity contribution is 4.92. The van der Waals surface area contributed by atoms with Gasteiger partial charge in [-0.25, -0.2) is 0 Å². The molecule has 108 valence electrons. The fraction of sp³-hybridized carbons (Fsp3) is 0.867. The van der Waals surface area contributed by atoms with Gasteiger partial charge in [-0.2, -0.15) is 13.2 Å². The topological polar surface area (TPSA) is 0 Å². The van der Waals surface area contributed by atoms with Gasteiger partial charge in [0.15, 0.2) is 0 Å². The molecule has 0 radical (unpaired) electrons. The number of hydrogen-bond acceptors (Lipinski definition) is 0. The highest BCUT2D eigenvalue weighted by Gasteiger charge is 2.40. The van der Waals surface area contributed by atoms with Crippen molar-refractivity contribution < 1.29 is 13.2 Å². The summed E-state index contributed by atoms with van der Waals surface area (Å²) in [4.78, 5) is 0. The van der Waals surface area contributed by atoms with Gasteiger partial charge >= 0.3 is 6.18 Å². The van der Waals surface area contributed by atoms with E-state index in [-0.39, 0.29) is 23.7 Å². The van der Waals surface area contributed by atoms with Crippen molar-refractivity contribution >= 4 is 0 Å². The van der Waals surface area contributed by atoms with Crippen molar-refractivity contribution in [2.75, 3.05) is 0 Å². The number of alkyl halides is 3. The molecule has 0 aliphatic rings. The van der Waals surface area contributed by atoms with E-state index in [1.807, 2.05) is 53.7 Å². The molecule has 0 nitrogen and oxygen atoms in total. The van der Waals surface area contributed by atoms with E-state index in [1.165, 1.54) is 0 Å². The molecule has 0 N–H and O–H groups in total. The lowest BCUT2D eigenvalue weighted by atomic mass is 9.82. The Morgan fingerprint density at radius 2 is 1.44 bits per heavy atom. The van der Waals surface area contributed by atoms with E-state index in [2.05, 4.69) is 0 Å². The van der Waals surface area contributed by atoms with Crippen LogP contribution >= 0.6 is 0 Å². The Morgan fingerprint density at radius 3 is 1.78 bits per heavy atom. The maximum atomic E-state index is 12.9. The minimum Gasteiger partial charge on any atom is -0.171 e. The van der Waals surface area contributed by atoms with Crippen molar-refractivity contribution in [2.45, 2.75) is 67.0 Å².